The highest BCUT2D eigenvalue weighted by Gasteiger charge is 2.19. The highest BCUT2D eigenvalue weighted by Crippen LogP contribution is 2.30. The minimum Gasteiger partial charge on any atom is -0.496 e. The summed E-state index contributed by atoms with van der Waals surface area (Å²) in [5, 5.41) is 5.68. The van der Waals surface area contributed by atoms with Crippen LogP contribution >= 0.6 is 22.9 Å². The van der Waals surface area contributed by atoms with E-state index in [1.807, 2.05) is 5.38 Å². The number of amides is 1. The van der Waals surface area contributed by atoms with E-state index in [0.717, 1.165) is 31.2 Å². The van der Waals surface area contributed by atoms with Crippen LogP contribution in [-0.4, -0.2) is 36.0 Å². The van der Waals surface area contributed by atoms with Gasteiger partial charge in [0.2, 0.25) is 0 Å². The van der Waals surface area contributed by atoms with Crippen molar-refractivity contribution in [3.8, 4) is 5.75 Å². The van der Waals surface area contributed by atoms with E-state index in [0.29, 0.717) is 27.2 Å². The van der Waals surface area contributed by atoms with E-state index in [1.54, 1.807) is 6.07 Å². The van der Waals surface area contributed by atoms with Gasteiger partial charge in [-0.15, -0.1) is 11.3 Å². The Labute approximate surface area is 162 Å². The number of nitrogens with zero attached hydrogens (tertiary/aromatic N) is 2. The lowest BCUT2D eigenvalue weighted by Gasteiger charge is -2.30. The van der Waals surface area contributed by atoms with Gasteiger partial charge in [-0.3, -0.25) is 15.0 Å². The van der Waals surface area contributed by atoms with Crippen molar-refractivity contribution < 1.29 is 9.53 Å². The summed E-state index contributed by atoms with van der Waals surface area (Å²) in [5.74, 6) is 0.781. The minimum absolute atomic E-state index is 0.315. The lowest BCUT2D eigenvalue weighted by molar-refractivity contribution is 0.102. The normalized spacial score (nSPS) is 17.9. The molecule has 1 unspecified atom stereocenters. The molecule has 1 aromatic heterocycles. The van der Waals surface area contributed by atoms with Crippen LogP contribution in [0.1, 0.15) is 35.8 Å². The number of halogens is 1. The summed E-state index contributed by atoms with van der Waals surface area (Å²) in [6, 6.07) is 3.05. The number of piperidine rings is 1. The van der Waals surface area contributed by atoms with Crippen molar-refractivity contribution in [2.75, 3.05) is 31.2 Å². The van der Waals surface area contributed by atoms with E-state index < -0.39 is 0 Å². The van der Waals surface area contributed by atoms with Gasteiger partial charge >= 0.3 is 0 Å². The summed E-state index contributed by atoms with van der Waals surface area (Å²) < 4.78 is 5.23. The second-order valence-corrected chi connectivity index (χ2v) is 7.92. The number of carbonyl (C=O) groups is 1. The molecular weight excluding hydrogens is 372 g/mol. The van der Waals surface area contributed by atoms with E-state index in [4.69, 9.17) is 22.1 Å². The Morgan fingerprint density at radius 3 is 3.08 bits per heavy atom. The second-order valence-electron chi connectivity index (χ2n) is 6.65. The fraction of sp³-hybridized carbons (Fsp3) is 0.444. The molecule has 0 spiro atoms. The van der Waals surface area contributed by atoms with Gasteiger partial charge in [-0.05, 0) is 31.4 Å². The first-order valence-corrected chi connectivity index (χ1v) is 9.83. The third-order valence-corrected chi connectivity index (χ3v) is 5.60. The molecule has 1 fully saturated rings. The number of nitrogens with two attached hydrogens (primary N) is 1. The number of methoxy groups -OCH3 is 1. The van der Waals surface area contributed by atoms with Crippen molar-refractivity contribution in [3.63, 3.8) is 0 Å². The average molecular weight is 395 g/mol. The monoisotopic (exact) mass is 394 g/mol. The molecule has 1 aliphatic heterocycles. The summed E-state index contributed by atoms with van der Waals surface area (Å²) >= 11 is 7.45. The number of likely N-dealkylation sites (tertiary alicyclic amines) is 1. The van der Waals surface area contributed by atoms with E-state index in [9.17, 15) is 4.79 Å². The largest absolute Gasteiger partial charge is 0.496 e. The number of hydrogen-bond acceptors (Lipinski definition) is 6. The van der Waals surface area contributed by atoms with Gasteiger partial charge in [0.25, 0.3) is 5.91 Å². The third-order valence-electron chi connectivity index (χ3n) is 4.46. The second kappa shape index (κ2) is 8.24. The van der Waals surface area contributed by atoms with E-state index in [1.165, 1.54) is 37.4 Å². The minimum atomic E-state index is -0.323. The number of carbonyl (C=O) groups excluding carboxylic acids is 1. The molecule has 3 rings (SSSR count). The molecular formula is C18H23ClN4O2S. The van der Waals surface area contributed by atoms with Crippen molar-refractivity contribution in [1.29, 1.82) is 0 Å². The van der Waals surface area contributed by atoms with E-state index in [-0.39, 0.29) is 5.91 Å². The van der Waals surface area contributed by atoms with Gasteiger partial charge in [0.05, 0.1) is 29.1 Å². The summed E-state index contributed by atoms with van der Waals surface area (Å²) in [6.07, 6.45) is 2.52. The molecule has 1 aliphatic rings. The molecule has 0 bridgehead atoms. The first-order valence-electron chi connectivity index (χ1n) is 8.57. The Morgan fingerprint density at radius 1 is 1.54 bits per heavy atom. The van der Waals surface area contributed by atoms with Gasteiger partial charge in [-0.25, -0.2) is 4.98 Å². The van der Waals surface area contributed by atoms with Crippen LogP contribution in [0.4, 0.5) is 10.8 Å². The van der Waals surface area contributed by atoms with Gasteiger partial charge in [-0.1, -0.05) is 18.5 Å². The number of hydrogen-bond donors (Lipinski definition) is 2. The van der Waals surface area contributed by atoms with Gasteiger partial charge in [0.15, 0.2) is 5.13 Å². The Bertz CT molecular complexity index is 795. The lowest BCUT2D eigenvalue weighted by Crippen LogP contribution is -2.33. The van der Waals surface area contributed by atoms with Crippen LogP contribution in [0.3, 0.4) is 0 Å². The van der Waals surface area contributed by atoms with Crippen LogP contribution in [0.25, 0.3) is 0 Å². The number of anilines is 2. The van der Waals surface area contributed by atoms with E-state index >= 15 is 0 Å². The molecule has 1 saturated heterocycles. The Balaban J connectivity index is 1.67. The average Bonchev–Trinajstić information content (AvgIpc) is 3.03. The molecule has 2 aromatic rings. The fourth-order valence-electron chi connectivity index (χ4n) is 3.18. The zero-order valence-electron chi connectivity index (χ0n) is 14.9. The predicted octanol–water partition coefficient (Wildman–Crippen LogP) is 3.87. The van der Waals surface area contributed by atoms with Crippen LogP contribution in [0.5, 0.6) is 5.75 Å². The number of thiazole rings is 1. The Kier molecular flexibility index (Phi) is 6.01. The number of nitrogen functional groups attached to an aromatic ring is 1. The maximum atomic E-state index is 12.6. The molecule has 8 heteroatoms. The number of nitrogens with one attached hydrogen (secondary N) is 1. The van der Waals surface area contributed by atoms with Crippen LogP contribution in [0.15, 0.2) is 17.5 Å². The van der Waals surface area contributed by atoms with Crippen molar-refractivity contribution in [1.82, 2.24) is 9.88 Å². The first kappa shape index (κ1) is 18.9. The standard InChI is InChI=1S/C18H23ClN4O2S/c1-11-4-3-5-23(8-11)9-12-10-26-18(21-12)22-17(24)13-6-14(19)15(20)7-16(13)25-2/h6-7,10-11H,3-5,8-9,20H2,1-2H3,(H,21,22,24). The van der Waals surface area contributed by atoms with Crippen molar-refractivity contribution in [2.45, 2.75) is 26.3 Å². The van der Waals surface area contributed by atoms with Crippen molar-refractivity contribution in [3.05, 3.63) is 33.8 Å². The van der Waals surface area contributed by atoms with Gasteiger partial charge in [0, 0.05) is 24.5 Å². The highest BCUT2D eigenvalue weighted by atomic mass is 35.5. The van der Waals surface area contributed by atoms with Crippen molar-refractivity contribution >= 4 is 39.7 Å². The summed E-state index contributed by atoms with van der Waals surface area (Å²) in [5.41, 5.74) is 7.43. The molecule has 1 atom stereocenters. The van der Waals surface area contributed by atoms with Gasteiger partial charge < -0.3 is 10.5 Å². The van der Waals surface area contributed by atoms with Crippen LogP contribution < -0.4 is 15.8 Å². The maximum absolute atomic E-state index is 12.6. The summed E-state index contributed by atoms with van der Waals surface area (Å²) in [7, 11) is 1.49. The Morgan fingerprint density at radius 2 is 2.35 bits per heavy atom. The molecule has 0 radical (unpaired) electrons. The number of ether oxygens (including phenoxy) is 1. The van der Waals surface area contributed by atoms with Crippen LogP contribution in [-0.2, 0) is 6.54 Å². The molecule has 26 heavy (non-hydrogen) atoms. The predicted molar refractivity (Wildman–Crippen MR) is 106 cm³/mol. The zero-order chi connectivity index (χ0) is 18.7. The quantitative estimate of drug-likeness (QED) is 0.752. The fourth-order valence-corrected chi connectivity index (χ4v) is 4.04. The smallest absolute Gasteiger partial charge is 0.261 e. The zero-order valence-corrected chi connectivity index (χ0v) is 16.5. The first-order chi connectivity index (χ1) is 12.5. The number of benzene rings is 1. The third kappa shape index (κ3) is 4.47. The topological polar surface area (TPSA) is 80.5 Å². The van der Waals surface area contributed by atoms with Gasteiger partial charge in [-0.2, -0.15) is 0 Å². The molecule has 1 amide bonds. The maximum Gasteiger partial charge on any atom is 0.261 e. The number of aromatic nitrogens is 1. The lowest BCUT2D eigenvalue weighted by atomic mass is 10.0. The molecule has 3 N–H and O–H groups in total. The Hall–Kier alpha value is -1.83. The molecule has 2 heterocycles. The van der Waals surface area contributed by atoms with Crippen LogP contribution in [0.2, 0.25) is 5.02 Å². The van der Waals surface area contributed by atoms with Gasteiger partial charge in [0.1, 0.15) is 5.75 Å². The SMILES string of the molecule is COc1cc(N)c(Cl)cc1C(=O)Nc1nc(CN2CCCC(C)C2)cs1. The molecule has 6 nitrogen and oxygen atoms in total. The molecule has 0 aliphatic carbocycles. The van der Waals surface area contributed by atoms with Crippen LogP contribution in [0, 0.1) is 5.92 Å². The number of rotatable bonds is 5. The van der Waals surface area contributed by atoms with Crippen molar-refractivity contribution in [2.24, 2.45) is 5.92 Å². The summed E-state index contributed by atoms with van der Waals surface area (Å²) in [4.78, 5) is 19.5. The molecule has 0 saturated carbocycles. The highest BCUT2D eigenvalue weighted by molar-refractivity contribution is 7.14. The summed E-state index contributed by atoms with van der Waals surface area (Å²) in [6.45, 7) is 5.29. The molecule has 140 valence electrons. The molecule has 1 aromatic carbocycles. The van der Waals surface area contributed by atoms with E-state index in [2.05, 4.69) is 22.1 Å².